The van der Waals surface area contributed by atoms with Crippen molar-refractivity contribution in [3.8, 4) is 39.6 Å². The van der Waals surface area contributed by atoms with Gasteiger partial charge in [-0.2, -0.15) is 12.1 Å². The summed E-state index contributed by atoms with van der Waals surface area (Å²) in [5.74, 6) is 2.02. The summed E-state index contributed by atoms with van der Waals surface area (Å²) in [6.45, 7) is 27.5. The summed E-state index contributed by atoms with van der Waals surface area (Å²) >= 11 is 0. The Kier molecular flexibility index (Phi) is 14.4. The third-order valence-electron chi connectivity index (χ3n) is 14.8. The van der Waals surface area contributed by atoms with E-state index in [2.05, 4.69) is 279 Å². The van der Waals surface area contributed by atoms with Gasteiger partial charge in [-0.15, -0.1) is 48.1 Å². The van der Waals surface area contributed by atoms with E-state index in [1.165, 1.54) is 44.5 Å². The van der Waals surface area contributed by atoms with Gasteiger partial charge in [0.15, 0.2) is 0 Å². The van der Waals surface area contributed by atoms with E-state index in [4.69, 9.17) is 9.72 Å². The molecule has 10 aromatic rings. The molecule has 0 N–H and O–H groups in total. The predicted octanol–water partition coefficient (Wildman–Crippen LogP) is 19.0. The summed E-state index contributed by atoms with van der Waals surface area (Å²) in [5, 5.41) is 2.20. The second kappa shape index (κ2) is 20.4. The van der Waals surface area contributed by atoms with Crippen molar-refractivity contribution in [2.75, 3.05) is 9.80 Å². The third kappa shape index (κ3) is 10.1. The average Bonchev–Trinajstić information content (AvgIpc) is 3.95. The minimum atomic E-state index is -0.276. The van der Waals surface area contributed by atoms with Crippen molar-refractivity contribution >= 4 is 44.6 Å². The molecule has 0 amide bonds. The van der Waals surface area contributed by atoms with Crippen LogP contribution in [-0.4, -0.2) is 9.55 Å². The molecule has 0 aliphatic carbocycles. The van der Waals surface area contributed by atoms with Crippen LogP contribution in [0.15, 0.2) is 188 Å². The molecule has 11 rings (SSSR count). The normalized spacial score (nSPS) is 12.9. The molecular formula is C70H68N4OPt. The van der Waals surface area contributed by atoms with Gasteiger partial charge < -0.3 is 26.5 Å². The Morgan fingerprint density at radius 1 is 0.461 bits per heavy atom. The molecule has 0 unspecified atom stereocenters. The molecule has 0 fully saturated rings. The van der Waals surface area contributed by atoms with Gasteiger partial charge in [0.2, 0.25) is 0 Å². The second-order valence-electron chi connectivity index (χ2n) is 23.5. The first kappa shape index (κ1) is 53.6. The number of hydrogen-bond acceptors (Lipinski definition) is 4. The van der Waals surface area contributed by atoms with Crippen LogP contribution < -0.4 is 14.5 Å². The van der Waals surface area contributed by atoms with Crippen molar-refractivity contribution in [2.24, 2.45) is 0 Å². The smallest absolute Gasteiger partial charge is 0.509 e. The van der Waals surface area contributed by atoms with Crippen molar-refractivity contribution in [1.82, 2.24) is 9.55 Å². The van der Waals surface area contributed by atoms with Gasteiger partial charge in [0.05, 0.1) is 0 Å². The van der Waals surface area contributed by atoms with Crippen molar-refractivity contribution in [1.29, 1.82) is 0 Å². The van der Waals surface area contributed by atoms with Crippen molar-refractivity contribution < 1.29 is 25.8 Å². The number of fused-ring (bicyclic) bond motifs is 4. The van der Waals surface area contributed by atoms with Crippen LogP contribution in [0.5, 0.6) is 11.5 Å². The average molecular weight is 1180 g/mol. The number of ether oxygens (including phenoxy) is 1. The fourth-order valence-electron chi connectivity index (χ4n) is 10.6. The van der Waals surface area contributed by atoms with Gasteiger partial charge in [-0.3, -0.25) is 0 Å². The van der Waals surface area contributed by atoms with Crippen molar-refractivity contribution in [3.63, 3.8) is 0 Å². The first-order valence-corrected chi connectivity index (χ1v) is 25.9. The first-order valence-electron chi connectivity index (χ1n) is 25.9. The molecule has 6 heteroatoms. The largest absolute Gasteiger partial charge is 4.00 e. The molecule has 2 aromatic heterocycles. The Morgan fingerprint density at radius 3 is 1.70 bits per heavy atom. The molecule has 1 aliphatic heterocycles. The molecule has 384 valence electrons. The van der Waals surface area contributed by atoms with Crippen LogP contribution in [-0.2, 0) is 42.7 Å². The summed E-state index contributed by atoms with van der Waals surface area (Å²) in [6, 6.07) is 72.9. The summed E-state index contributed by atoms with van der Waals surface area (Å²) in [4.78, 5) is 9.62. The number of nitrogens with zero attached hydrogens (tertiary/aromatic N) is 4. The number of benzene rings is 8. The molecule has 0 saturated carbocycles. The molecule has 8 aromatic carbocycles. The zero-order valence-corrected chi connectivity index (χ0v) is 48.3. The molecule has 0 atom stereocenters. The Bertz CT molecular complexity index is 3710. The van der Waals surface area contributed by atoms with Crippen LogP contribution in [0.1, 0.15) is 104 Å². The van der Waals surface area contributed by atoms with E-state index in [1.54, 1.807) is 0 Å². The molecule has 0 radical (unpaired) electrons. The maximum Gasteiger partial charge on any atom is 4.00 e. The van der Waals surface area contributed by atoms with Gasteiger partial charge >= 0.3 is 21.1 Å². The van der Waals surface area contributed by atoms with Crippen LogP contribution >= 0.6 is 0 Å². The molecule has 76 heavy (non-hydrogen) atoms. The van der Waals surface area contributed by atoms with E-state index in [0.29, 0.717) is 11.5 Å². The number of pyridine rings is 1. The second-order valence-corrected chi connectivity index (χ2v) is 23.5. The number of anilines is 4. The Balaban J connectivity index is 0.00000353. The van der Waals surface area contributed by atoms with Crippen molar-refractivity contribution in [2.45, 2.75) is 97.8 Å². The maximum atomic E-state index is 6.85. The number of rotatable bonds is 9. The molecular weight excluding hydrogens is 1110 g/mol. The summed E-state index contributed by atoms with van der Waals surface area (Å²) in [7, 11) is 0. The minimum Gasteiger partial charge on any atom is -0.509 e. The standard InChI is InChI=1S/C69H65N4O.CH3.Pt/c1-66(2,3)51-34-35-70-65(40-51)73-61-33-30-48(46-22-15-12-16-23-46)38-58(61)57-32-31-56(42-62(57)73)74-55-29-21-28-53(41-55)71-45-72(64-44-60(68(7,8)9)59(43-63(64)71)67(4,5)6)54-37-49(47-24-17-13-18-25-47)36-52(39-54)69(10,11)50-26-19-14-20-27-50;;/h12-40,43-45H,1-11H3;1H3;/q-3;-1;+4. The van der Waals surface area contributed by atoms with Gasteiger partial charge in [0, 0.05) is 45.7 Å². The molecule has 5 nitrogen and oxygen atoms in total. The van der Waals surface area contributed by atoms with E-state index in [1.807, 2.05) is 18.3 Å². The molecule has 1 aliphatic rings. The third-order valence-corrected chi connectivity index (χ3v) is 14.8. The molecule has 0 bridgehead atoms. The molecule has 0 spiro atoms. The topological polar surface area (TPSA) is 33.5 Å². The van der Waals surface area contributed by atoms with E-state index >= 15 is 0 Å². The number of hydrogen-bond donors (Lipinski definition) is 0. The molecule has 3 heterocycles. The predicted molar refractivity (Wildman–Crippen MR) is 316 cm³/mol. The molecule has 0 saturated heterocycles. The van der Waals surface area contributed by atoms with E-state index in [0.717, 1.165) is 55.9 Å². The SMILES string of the molecule is CC(C)(C)c1ccnc(-n2c3[c-]c(Oc4[c-]c(N5[CH-]N(c6cc(-c7ccccc7)cc(C(C)(C)c7ccccc7)c6)c6cc(C(C)(C)C)c(C(C)(C)C)cc65)ccc4)ccc3c3cc(-c4ccccc4)ccc32)c1.[CH3-].[Pt+4]. The Morgan fingerprint density at radius 2 is 1.07 bits per heavy atom. The van der Waals surface area contributed by atoms with Gasteiger partial charge in [0.1, 0.15) is 5.82 Å². The fourth-order valence-corrected chi connectivity index (χ4v) is 10.6. The fraction of sp³-hybridized carbons (Fsp3) is 0.214. The van der Waals surface area contributed by atoms with E-state index < -0.39 is 0 Å². The summed E-state index contributed by atoms with van der Waals surface area (Å²) in [5.41, 5.74) is 16.6. The van der Waals surface area contributed by atoms with Crippen molar-refractivity contribution in [3.05, 3.63) is 242 Å². The van der Waals surface area contributed by atoms with Crippen LogP contribution in [0, 0.1) is 26.2 Å². The van der Waals surface area contributed by atoms with Gasteiger partial charge in [-0.25, -0.2) is 4.98 Å². The van der Waals surface area contributed by atoms with Gasteiger partial charge in [0.25, 0.3) is 0 Å². The summed E-state index contributed by atoms with van der Waals surface area (Å²) < 4.78 is 9.07. The Labute approximate surface area is 466 Å². The number of aromatic nitrogens is 2. The zero-order valence-electron chi connectivity index (χ0n) is 46.0. The Hall–Kier alpha value is -7.20. The van der Waals surface area contributed by atoms with Crippen LogP contribution in [0.2, 0.25) is 0 Å². The van der Waals surface area contributed by atoms with Gasteiger partial charge in [-0.05, 0) is 114 Å². The van der Waals surface area contributed by atoms with Crippen LogP contribution in [0.25, 0.3) is 49.9 Å². The van der Waals surface area contributed by atoms with E-state index in [9.17, 15) is 0 Å². The van der Waals surface area contributed by atoms with Crippen LogP contribution in [0.4, 0.5) is 22.7 Å². The maximum absolute atomic E-state index is 6.85. The minimum absolute atomic E-state index is 0. The van der Waals surface area contributed by atoms with E-state index in [-0.39, 0.29) is 50.2 Å². The zero-order chi connectivity index (χ0) is 51.7. The summed E-state index contributed by atoms with van der Waals surface area (Å²) in [6.07, 6.45) is 1.92. The van der Waals surface area contributed by atoms with Gasteiger partial charge in [-0.1, -0.05) is 191 Å². The first-order chi connectivity index (χ1) is 35.3. The van der Waals surface area contributed by atoms with Crippen LogP contribution in [0.3, 0.4) is 0 Å². The quantitative estimate of drug-likeness (QED) is 0.135. The monoisotopic (exact) mass is 1180 g/mol.